The van der Waals surface area contributed by atoms with Crippen molar-refractivity contribution in [3.63, 3.8) is 0 Å². The van der Waals surface area contributed by atoms with Crippen molar-refractivity contribution in [3.8, 4) is 46.0 Å². The van der Waals surface area contributed by atoms with E-state index < -0.39 is 63.3 Å². The van der Waals surface area contributed by atoms with Crippen LogP contribution in [-0.4, -0.2) is 147 Å². The fourth-order valence-corrected chi connectivity index (χ4v) is 10.3. The minimum Gasteiger partial charge on any atom is -0.458 e. The molecule has 7 heterocycles. The Balaban J connectivity index is 0.831. The van der Waals surface area contributed by atoms with Crippen LogP contribution < -0.4 is 36.3 Å². The number of sulfone groups is 1. The third-order valence-electron chi connectivity index (χ3n) is 14.5. The fourth-order valence-electron chi connectivity index (χ4n) is 9.77. The number of aryl methyl sites for hydroxylation is 1. The predicted octanol–water partition coefficient (Wildman–Crippen LogP) is 2.22. The molecule has 0 bridgehead atoms. The average Bonchev–Trinajstić information content (AvgIpc) is 4.25. The van der Waals surface area contributed by atoms with E-state index in [-0.39, 0.29) is 74.2 Å². The summed E-state index contributed by atoms with van der Waals surface area (Å²) in [6.07, 6.45) is 9.19. The van der Waals surface area contributed by atoms with Crippen LogP contribution in [0.1, 0.15) is 108 Å². The second-order valence-corrected chi connectivity index (χ2v) is 22.2. The number of amides is 4. The molecule has 26 heteroatoms. The first-order valence-electron chi connectivity index (χ1n) is 27.1. The minimum atomic E-state index is -3.54. The van der Waals surface area contributed by atoms with Crippen LogP contribution in [0.25, 0.3) is 33.5 Å². The summed E-state index contributed by atoms with van der Waals surface area (Å²) in [6, 6.07) is 3.18. The van der Waals surface area contributed by atoms with Crippen LogP contribution in [-0.2, 0) is 68.6 Å². The first-order valence-corrected chi connectivity index (χ1v) is 29.0. The van der Waals surface area contributed by atoms with Crippen molar-refractivity contribution < 1.29 is 56.4 Å². The number of ether oxygens (including phenoxy) is 4. The van der Waals surface area contributed by atoms with Gasteiger partial charge < -0.3 is 54.8 Å². The summed E-state index contributed by atoms with van der Waals surface area (Å²) in [4.78, 5) is 95.3. The zero-order valence-electron chi connectivity index (χ0n) is 46.3. The highest BCUT2D eigenvalue weighted by Gasteiger charge is 2.45. The maximum atomic E-state index is 13.9. The molecule has 3 aliphatic heterocycles. The van der Waals surface area contributed by atoms with E-state index >= 15 is 0 Å². The van der Waals surface area contributed by atoms with Gasteiger partial charge in [-0.15, -0.1) is 5.10 Å². The summed E-state index contributed by atoms with van der Waals surface area (Å²) in [6.45, 7) is 11.5. The van der Waals surface area contributed by atoms with Gasteiger partial charge in [0.25, 0.3) is 5.56 Å². The summed E-state index contributed by atoms with van der Waals surface area (Å²) >= 11 is 0. The lowest BCUT2D eigenvalue weighted by Crippen LogP contribution is -2.56. The molecule has 4 aromatic heterocycles. The van der Waals surface area contributed by atoms with Gasteiger partial charge in [-0.3, -0.25) is 28.7 Å². The van der Waals surface area contributed by atoms with Crippen molar-refractivity contribution in [2.45, 2.75) is 129 Å². The van der Waals surface area contributed by atoms with E-state index in [2.05, 4.69) is 72.1 Å². The number of nitrogens with zero attached hydrogens (tertiary/aromatic N) is 8. The Morgan fingerprint density at radius 1 is 0.914 bits per heavy atom. The Morgan fingerprint density at radius 3 is 2.38 bits per heavy atom. The molecule has 432 valence electrons. The first kappa shape index (κ1) is 59.3. The Labute approximate surface area is 468 Å². The van der Waals surface area contributed by atoms with Gasteiger partial charge in [0, 0.05) is 65.3 Å². The van der Waals surface area contributed by atoms with E-state index in [1.54, 1.807) is 49.8 Å². The normalized spacial score (nSPS) is 15.7. The van der Waals surface area contributed by atoms with Crippen LogP contribution in [0.3, 0.4) is 0 Å². The standard InChI is InChI=1S/C55H68N12O13S/c1-7-55(74)39-23-43-49-37(28-67(43)52(72)38(39)30-78-53(55)73)35(36-22-44-45(80-32-79-44)24-41(36)60-49)16-15-21-77-31-59-47(69)27-56-50(70)40(17-12-14-19-65(8-2)9-3)61-51(71)48(33(4)5)62-46(68)18-11-10-13-20-66-29-42(63-64-66)34-25-57-54(58-26-34)81(6,75)76/h22-26,29,33,40,48,74H,7-14,17-21,27-28,30-32H2,1-6H3,(H,56,70)(H,59,69)(H,61,71)(H,62,68)/t40-,48-,55-/m0/s1. The van der Waals surface area contributed by atoms with Gasteiger partial charge in [0.15, 0.2) is 17.1 Å². The van der Waals surface area contributed by atoms with Crippen LogP contribution in [0.5, 0.6) is 11.5 Å². The number of carbonyl (C=O) groups is 5. The molecule has 0 fully saturated rings. The maximum absolute atomic E-state index is 13.9. The highest BCUT2D eigenvalue weighted by Crippen LogP contribution is 2.43. The zero-order chi connectivity index (χ0) is 58.0. The molecule has 5 N–H and O–H groups in total. The topological polar surface area (TPSA) is 319 Å². The monoisotopic (exact) mass is 1140 g/mol. The Kier molecular flexibility index (Phi) is 19.1. The quantitative estimate of drug-likeness (QED) is 0.0171. The number of fused-ring (bicyclic) bond motifs is 6. The number of benzene rings is 1. The number of hydrogen-bond acceptors (Lipinski definition) is 19. The van der Waals surface area contributed by atoms with Gasteiger partial charge in [0.05, 0.1) is 41.8 Å². The van der Waals surface area contributed by atoms with Crippen molar-refractivity contribution >= 4 is 50.3 Å². The minimum absolute atomic E-state index is 0.00685. The summed E-state index contributed by atoms with van der Waals surface area (Å²) in [5, 5.41) is 30.9. The molecule has 3 atom stereocenters. The lowest BCUT2D eigenvalue weighted by molar-refractivity contribution is -0.172. The van der Waals surface area contributed by atoms with Gasteiger partial charge in [-0.2, -0.15) is 0 Å². The molecular weight excluding hydrogens is 1070 g/mol. The number of rotatable bonds is 26. The summed E-state index contributed by atoms with van der Waals surface area (Å²) < 4.78 is 48.7. The van der Waals surface area contributed by atoms with Gasteiger partial charge in [0.2, 0.25) is 45.4 Å². The number of carbonyl (C=O) groups excluding carboxylic acids is 5. The van der Waals surface area contributed by atoms with E-state index in [0.29, 0.717) is 94.8 Å². The van der Waals surface area contributed by atoms with E-state index in [1.807, 2.05) is 0 Å². The van der Waals surface area contributed by atoms with Crippen LogP contribution in [0.2, 0.25) is 0 Å². The highest BCUT2D eigenvalue weighted by molar-refractivity contribution is 7.90. The van der Waals surface area contributed by atoms with Crippen molar-refractivity contribution in [2.24, 2.45) is 5.92 Å². The molecular formula is C55H68N12O13S. The molecule has 0 saturated carbocycles. The Morgan fingerprint density at radius 2 is 1.67 bits per heavy atom. The summed E-state index contributed by atoms with van der Waals surface area (Å²) in [7, 11) is -3.54. The molecule has 1 aromatic carbocycles. The average molecular weight is 1140 g/mol. The van der Waals surface area contributed by atoms with Gasteiger partial charge in [-0.05, 0) is 76.2 Å². The van der Waals surface area contributed by atoms with E-state index in [9.17, 15) is 42.3 Å². The van der Waals surface area contributed by atoms with E-state index in [1.165, 1.54) is 17.0 Å². The SMILES string of the molecule is CCN(CC)CCCC[C@H](NC(=O)[C@@H](NC(=O)CCCCCn1cc(-c2cnc(S(C)(=O)=O)nc2)nn1)C(C)C)C(=O)NCC(=O)NCOCC#Cc1c2c(nc3cc4c(cc13)OCO4)-c1cc3c(c(=O)n1C2)COC(=O)[C@]3(O)CC. The van der Waals surface area contributed by atoms with Crippen molar-refractivity contribution in [3.05, 3.63) is 69.4 Å². The fraction of sp³-hybridized carbons (Fsp3) is 0.509. The molecule has 5 aromatic rings. The first-order chi connectivity index (χ1) is 38.8. The lowest BCUT2D eigenvalue weighted by atomic mass is 9.86. The second kappa shape index (κ2) is 26.2. The smallest absolute Gasteiger partial charge is 0.343 e. The maximum Gasteiger partial charge on any atom is 0.343 e. The number of unbranched alkanes of at least 4 members (excludes halogenated alkanes) is 3. The third-order valence-corrected chi connectivity index (χ3v) is 15.3. The molecule has 0 spiro atoms. The number of pyridine rings is 2. The zero-order valence-corrected chi connectivity index (χ0v) is 47.1. The second-order valence-electron chi connectivity index (χ2n) is 20.3. The molecule has 0 aliphatic carbocycles. The van der Waals surface area contributed by atoms with E-state index in [0.717, 1.165) is 32.3 Å². The molecule has 25 nitrogen and oxygen atoms in total. The van der Waals surface area contributed by atoms with Crippen LogP contribution in [0.4, 0.5) is 0 Å². The van der Waals surface area contributed by atoms with Crippen LogP contribution in [0, 0.1) is 17.8 Å². The van der Waals surface area contributed by atoms with Gasteiger partial charge in [-0.1, -0.05) is 58.1 Å². The molecule has 0 saturated heterocycles. The van der Waals surface area contributed by atoms with Crippen LogP contribution in [0.15, 0.2) is 46.7 Å². The summed E-state index contributed by atoms with van der Waals surface area (Å²) in [5.74, 6) is 4.04. The molecule has 3 aliphatic rings. The molecule has 81 heavy (non-hydrogen) atoms. The molecule has 0 radical (unpaired) electrons. The van der Waals surface area contributed by atoms with Crippen molar-refractivity contribution in [1.29, 1.82) is 0 Å². The number of hydrogen-bond donors (Lipinski definition) is 5. The molecule has 4 amide bonds. The number of aliphatic hydroxyl groups is 1. The third kappa shape index (κ3) is 13.8. The van der Waals surface area contributed by atoms with E-state index in [4.69, 9.17) is 23.9 Å². The summed E-state index contributed by atoms with van der Waals surface area (Å²) in [5.41, 5.74) is 1.48. The Hall–Kier alpha value is -7.86. The highest BCUT2D eigenvalue weighted by atomic mass is 32.2. The number of aromatic nitrogens is 7. The van der Waals surface area contributed by atoms with Gasteiger partial charge in [0.1, 0.15) is 37.7 Å². The Bertz CT molecular complexity index is 3420. The van der Waals surface area contributed by atoms with Crippen molar-refractivity contribution in [1.82, 2.24) is 60.7 Å². The lowest BCUT2D eigenvalue weighted by Gasteiger charge is -2.31. The number of nitrogens with one attached hydrogen (secondary N) is 4. The predicted molar refractivity (Wildman–Crippen MR) is 292 cm³/mol. The molecule has 0 unspecified atom stereocenters. The largest absolute Gasteiger partial charge is 0.458 e. The number of esters is 1. The van der Waals surface area contributed by atoms with Gasteiger partial charge in [-0.25, -0.2) is 28.2 Å². The van der Waals surface area contributed by atoms with Crippen LogP contribution >= 0.6 is 0 Å². The molecule has 8 rings (SSSR count). The van der Waals surface area contributed by atoms with Crippen molar-refractivity contribution in [2.75, 3.05) is 52.6 Å². The number of cyclic esters (lactones) is 1. The van der Waals surface area contributed by atoms with Gasteiger partial charge >= 0.3 is 5.97 Å².